The van der Waals surface area contributed by atoms with Gasteiger partial charge in [-0.15, -0.1) is 0 Å². The first-order valence-electron chi connectivity index (χ1n) is 6.44. The summed E-state index contributed by atoms with van der Waals surface area (Å²) in [6.45, 7) is 0.600. The Kier molecular flexibility index (Phi) is 5.30. The zero-order chi connectivity index (χ0) is 14.4. The molecule has 0 bridgehead atoms. The summed E-state index contributed by atoms with van der Waals surface area (Å²) in [5.74, 6) is -0.551. The molecule has 0 aliphatic rings. The van der Waals surface area contributed by atoms with Crippen LogP contribution in [0, 0.1) is 5.82 Å². The second kappa shape index (κ2) is 7.20. The monoisotopic (exact) mass is 335 g/mol. The summed E-state index contributed by atoms with van der Waals surface area (Å²) >= 11 is 3.07. The van der Waals surface area contributed by atoms with Crippen LogP contribution in [-0.4, -0.2) is 12.5 Å². The fourth-order valence-corrected chi connectivity index (χ4v) is 2.26. The molecule has 0 aliphatic heterocycles. The fraction of sp³-hybridized carbons (Fsp3) is 0.188. The first kappa shape index (κ1) is 14.7. The van der Waals surface area contributed by atoms with E-state index in [2.05, 4.69) is 33.4 Å². The molecule has 104 valence electrons. The number of carbonyl (C=O) groups is 1. The molecule has 20 heavy (non-hydrogen) atoms. The van der Waals surface area contributed by atoms with Crippen molar-refractivity contribution in [1.29, 1.82) is 0 Å². The predicted octanol–water partition coefficient (Wildman–Crippen LogP) is 3.95. The van der Waals surface area contributed by atoms with Crippen molar-refractivity contribution >= 4 is 21.8 Å². The molecule has 4 heteroatoms. The summed E-state index contributed by atoms with van der Waals surface area (Å²) in [6, 6.07) is 14.4. The van der Waals surface area contributed by atoms with Gasteiger partial charge in [0.25, 0.3) is 5.91 Å². The van der Waals surface area contributed by atoms with Crippen LogP contribution in [0.4, 0.5) is 4.39 Å². The van der Waals surface area contributed by atoms with Crippen LogP contribution < -0.4 is 5.32 Å². The van der Waals surface area contributed by atoms with Crippen molar-refractivity contribution in [2.24, 2.45) is 0 Å². The lowest BCUT2D eigenvalue weighted by atomic mass is 10.1. The van der Waals surface area contributed by atoms with Crippen molar-refractivity contribution in [2.75, 3.05) is 6.54 Å². The van der Waals surface area contributed by atoms with E-state index >= 15 is 0 Å². The molecule has 0 aliphatic carbocycles. The van der Waals surface area contributed by atoms with Gasteiger partial charge in [0.05, 0.1) is 4.47 Å². The van der Waals surface area contributed by atoms with Crippen LogP contribution in [0.3, 0.4) is 0 Å². The summed E-state index contributed by atoms with van der Waals surface area (Å²) in [4.78, 5) is 11.9. The molecule has 0 heterocycles. The van der Waals surface area contributed by atoms with Gasteiger partial charge in [-0.25, -0.2) is 4.39 Å². The van der Waals surface area contributed by atoms with E-state index in [0.29, 0.717) is 16.6 Å². The van der Waals surface area contributed by atoms with Crippen molar-refractivity contribution in [2.45, 2.75) is 12.8 Å². The number of carbonyl (C=O) groups excluding carboxylic acids is 1. The second-order valence-electron chi connectivity index (χ2n) is 4.47. The summed E-state index contributed by atoms with van der Waals surface area (Å²) in [6.07, 6.45) is 1.80. The van der Waals surface area contributed by atoms with Crippen molar-refractivity contribution in [3.63, 3.8) is 0 Å². The van der Waals surface area contributed by atoms with Gasteiger partial charge >= 0.3 is 0 Å². The molecule has 2 aromatic rings. The highest BCUT2D eigenvalue weighted by atomic mass is 79.9. The Balaban J connectivity index is 1.79. The lowest BCUT2D eigenvalue weighted by molar-refractivity contribution is 0.0953. The van der Waals surface area contributed by atoms with Crippen LogP contribution in [0.15, 0.2) is 53.0 Å². The van der Waals surface area contributed by atoms with Gasteiger partial charge in [-0.2, -0.15) is 0 Å². The molecule has 2 nitrogen and oxygen atoms in total. The molecule has 0 saturated heterocycles. The molecule has 0 atom stereocenters. The highest BCUT2D eigenvalue weighted by Gasteiger charge is 2.07. The summed E-state index contributed by atoms with van der Waals surface area (Å²) in [7, 11) is 0. The highest BCUT2D eigenvalue weighted by Crippen LogP contribution is 2.16. The summed E-state index contributed by atoms with van der Waals surface area (Å²) in [5, 5.41) is 2.83. The minimum atomic E-state index is -0.370. The lowest BCUT2D eigenvalue weighted by Gasteiger charge is -2.06. The van der Waals surface area contributed by atoms with E-state index in [4.69, 9.17) is 0 Å². The normalized spacial score (nSPS) is 10.3. The number of hydrogen-bond donors (Lipinski definition) is 1. The first-order chi connectivity index (χ1) is 9.66. The van der Waals surface area contributed by atoms with Gasteiger partial charge in [0, 0.05) is 12.1 Å². The van der Waals surface area contributed by atoms with Gasteiger partial charge in [-0.05, 0) is 52.5 Å². The Morgan fingerprint density at radius 3 is 2.60 bits per heavy atom. The maximum atomic E-state index is 13.1. The van der Waals surface area contributed by atoms with Gasteiger partial charge in [-0.1, -0.05) is 30.3 Å². The number of nitrogens with one attached hydrogen (secondary N) is 1. The average molecular weight is 336 g/mol. The van der Waals surface area contributed by atoms with E-state index in [9.17, 15) is 9.18 Å². The fourth-order valence-electron chi connectivity index (χ4n) is 1.88. The SMILES string of the molecule is O=C(NCCCc1ccccc1)c1ccc(F)c(Br)c1. The number of halogens is 2. The smallest absolute Gasteiger partial charge is 0.251 e. The van der Waals surface area contributed by atoms with Crippen LogP contribution in [0.5, 0.6) is 0 Å². The topological polar surface area (TPSA) is 29.1 Å². The van der Waals surface area contributed by atoms with E-state index in [-0.39, 0.29) is 11.7 Å². The Labute approximate surface area is 126 Å². The minimum Gasteiger partial charge on any atom is -0.352 e. The third kappa shape index (κ3) is 4.17. The van der Waals surface area contributed by atoms with E-state index in [0.717, 1.165) is 12.8 Å². The molecule has 0 fully saturated rings. The summed E-state index contributed by atoms with van der Waals surface area (Å²) in [5.41, 5.74) is 1.71. The molecule has 2 rings (SSSR count). The van der Waals surface area contributed by atoms with Gasteiger partial charge in [0.1, 0.15) is 5.82 Å². The summed E-state index contributed by atoms with van der Waals surface area (Å²) < 4.78 is 13.4. The highest BCUT2D eigenvalue weighted by molar-refractivity contribution is 9.10. The van der Waals surface area contributed by atoms with Crippen LogP contribution in [0.1, 0.15) is 22.3 Å². The second-order valence-corrected chi connectivity index (χ2v) is 5.33. The van der Waals surface area contributed by atoms with Crippen LogP contribution >= 0.6 is 15.9 Å². The van der Waals surface area contributed by atoms with E-state index in [1.807, 2.05) is 18.2 Å². The van der Waals surface area contributed by atoms with Crippen LogP contribution in [-0.2, 0) is 6.42 Å². The Morgan fingerprint density at radius 1 is 1.15 bits per heavy atom. The van der Waals surface area contributed by atoms with Gasteiger partial charge in [0.2, 0.25) is 0 Å². The number of aryl methyl sites for hydroxylation is 1. The number of amides is 1. The van der Waals surface area contributed by atoms with Gasteiger partial charge < -0.3 is 5.32 Å². The maximum Gasteiger partial charge on any atom is 0.251 e. The number of hydrogen-bond acceptors (Lipinski definition) is 1. The quantitative estimate of drug-likeness (QED) is 0.823. The van der Waals surface area contributed by atoms with E-state index < -0.39 is 0 Å². The molecule has 0 spiro atoms. The van der Waals surface area contributed by atoms with Gasteiger partial charge in [0.15, 0.2) is 0 Å². The molecule has 1 amide bonds. The average Bonchev–Trinajstić information content (AvgIpc) is 2.47. The minimum absolute atomic E-state index is 0.182. The van der Waals surface area contributed by atoms with E-state index in [1.165, 1.54) is 23.8 Å². The Bertz CT molecular complexity index is 586. The predicted molar refractivity (Wildman–Crippen MR) is 81.2 cm³/mol. The Hall–Kier alpha value is -1.68. The van der Waals surface area contributed by atoms with Crippen molar-refractivity contribution in [3.05, 3.63) is 69.9 Å². The molecular weight excluding hydrogens is 321 g/mol. The number of benzene rings is 2. The third-order valence-corrected chi connectivity index (χ3v) is 3.56. The lowest BCUT2D eigenvalue weighted by Crippen LogP contribution is -2.24. The van der Waals surface area contributed by atoms with Crippen LogP contribution in [0.25, 0.3) is 0 Å². The molecule has 0 radical (unpaired) electrons. The molecule has 2 aromatic carbocycles. The van der Waals surface area contributed by atoms with Gasteiger partial charge in [-0.3, -0.25) is 4.79 Å². The molecule has 0 unspecified atom stereocenters. The van der Waals surface area contributed by atoms with Crippen molar-refractivity contribution in [3.8, 4) is 0 Å². The molecule has 1 N–H and O–H groups in total. The zero-order valence-electron chi connectivity index (χ0n) is 10.9. The largest absolute Gasteiger partial charge is 0.352 e. The standard InChI is InChI=1S/C16H15BrFNO/c17-14-11-13(8-9-15(14)18)16(20)19-10-4-7-12-5-2-1-3-6-12/h1-3,5-6,8-9,11H,4,7,10H2,(H,19,20). The van der Waals surface area contributed by atoms with Crippen molar-refractivity contribution in [1.82, 2.24) is 5.32 Å². The van der Waals surface area contributed by atoms with E-state index in [1.54, 1.807) is 0 Å². The zero-order valence-corrected chi connectivity index (χ0v) is 12.5. The Morgan fingerprint density at radius 2 is 1.90 bits per heavy atom. The molecule has 0 saturated carbocycles. The maximum absolute atomic E-state index is 13.1. The third-order valence-electron chi connectivity index (χ3n) is 2.95. The number of rotatable bonds is 5. The first-order valence-corrected chi connectivity index (χ1v) is 7.23. The van der Waals surface area contributed by atoms with Crippen molar-refractivity contribution < 1.29 is 9.18 Å². The van der Waals surface area contributed by atoms with Crippen LogP contribution in [0.2, 0.25) is 0 Å². The molecule has 0 aromatic heterocycles. The molecular formula is C16H15BrFNO.